The number of amides is 3. The number of para-hydroxylation sites is 2. The second kappa shape index (κ2) is 7.77. The Morgan fingerprint density at radius 3 is 2.38 bits per heavy atom. The SMILES string of the molecule is COc1ccccc1CNC(=O)C(=O)Nc1ccccc1C(N)=O. The second-order valence-corrected chi connectivity index (χ2v) is 4.86. The average molecular weight is 327 g/mol. The third-order valence-corrected chi connectivity index (χ3v) is 3.28. The number of hydrogen-bond donors (Lipinski definition) is 3. The molecule has 2 aromatic carbocycles. The highest BCUT2D eigenvalue weighted by atomic mass is 16.5. The number of carbonyl (C=O) groups excluding carboxylic acids is 3. The minimum Gasteiger partial charge on any atom is -0.496 e. The van der Waals surface area contributed by atoms with E-state index in [1.54, 1.807) is 36.4 Å². The third kappa shape index (κ3) is 4.10. The molecule has 3 amide bonds. The van der Waals surface area contributed by atoms with Crippen molar-refractivity contribution in [1.82, 2.24) is 5.32 Å². The molecule has 7 nitrogen and oxygen atoms in total. The smallest absolute Gasteiger partial charge is 0.313 e. The summed E-state index contributed by atoms with van der Waals surface area (Å²) in [5, 5.41) is 4.87. The largest absolute Gasteiger partial charge is 0.496 e. The zero-order valence-electron chi connectivity index (χ0n) is 13.0. The summed E-state index contributed by atoms with van der Waals surface area (Å²) in [7, 11) is 1.52. The monoisotopic (exact) mass is 327 g/mol. The maximum absolute atomic E-state index is 12.0. The molecule has 24 heavy (non-hydrogen) atoms. The van der Waals surface area contributed by atoms with Crippen LogP contribution >= 0.6 is 0 Å². The molecule has 0 unspecified atom stereocenters. The lowest BCUT2D eigenvalue weighted by molar-refractivity contribution is -0.136. The van der Waals surface area contributed by atoms with Gasteiger partial charge in [-0.25, -0.2) is 0 Å². The van der Waals surface area contributed by atoms with Gasteiger partial charge in [-0.05, 0) is 18.2 Å². The number of nitrogens with one attached hydrogen (secondary N) is 2. The normalized spacial score (nSPS) is 9.88. The van der Waals surface area contributed by atoms with E-state index < -0.39 is 17.7 Å². The van der Waals surface area contributed by atoms with Crippen LogP contribution in [0.3, 0.4) is 0 Å². The summed E-state index contributed by atoms with van der Waals surface area (Å²) >= 11 is 0. The first kappa shape index (κ1) is 17.0. The minimum absolute atomic E-state index is 0.128. The summed E-state index contributed by atoms with van der Waals surface area (Å²) in [6, 6.07) is 13.3. The van der Waals surface area contributed by atoms with E-state index in [-0.39, 0.29) is 17.8 Å². The predicted molar refractivity (Wildman–Crippen MR) is 88.4 cm³/mol. The first-order valence-corrected chi connectivity index (χ1v) is 7.13. The van der Waals surface area contributed by atoms with Crippen molar-refractivity contribution in [1.29, 1.82) is 0 Å². The Labute approximate surface area is 138 Å². The number of rotatable bonds is 5. The van der Waals surface area contributed by atoms with E-state index in [0.29, 0.717) is 5.75 Å². The molecule has 2 aromatic rings. The first-order valence-electron chi connectivity index (χ1n) is 7.13. The standard InChI is InChI=1S/C17H17N3O4/c1-24-14-9-5-2-6-11(14)10-19-16(22)17(23)20-13-8-4-3-7-12(13)15(18)21/h2-9H,10H2,1H3,(H2,18,21)(H,19,22)(H,20,23). The van der Waals surface area contributed by atoms with E-state index in [2.05, 4.69) is 10.6 Å². The summed E-state index contributed by atoms with van der Waals surface area (Å²) in [6.45, 7) is 0.133. The molecule has 0 radical (unpaired) electrons. The number of anilines is 1. The molecule has 0 fully saturated rings. The van der Waals surface area contributed by atoms with Crippen LogP contribution < -0.4 is 21.1 Å². The number of primary amides is 1. The molecule has 0 spiro atoms. The first-order chi connectivity index (χ1) is 11.5. The lowest BCUT2D eigenvalue weighted by atomic mass is 10.1. The molecular weight excluding hydrogens is 310 g/mol. The summed E-state index contributed by atoms with van der Waals surface area (Å²) < 4.78 is 5.17. The molecule has 0 atom stereocenters. The van der Waals surface area contributed by atoms with Gasteiger partial charge in [0.05, 0.1) is 18.4 Å². The number of benzene rings is 2. The van der Waals surface area contributed by atoms with Crippen molar-refractivity contribution in [3.05, 3.63) is 59.7 Å². The molecule has 0 saturated carbocycles. The van der Waals surface area contributed by atoms with Crippen molar-refractivity contribution in [2.24, 2.45) is 5.73 Å². The molecule has 2 rings (SSSR count). The van der Waals surface area contributed by atoms with Gasteiger partial charge >= 0.3 is 11.8 Å². The lowest BCUT2D eigenvalue weighted by Crippen LogP contribution is -2.35. The summed E-state index contributed by atoms with van der Waals surface area (Å²) in [5.74, 6) is -1.81. The summed E-state index contributed by atoms with van der Waals surface area (Å²) in [5.41, 5.74) is 6.27. The van der Waals surface area contributed by atoms with Gasteiger partial charge in [0, 0.05) is 12.1 Å². The maximum atomic E-state index is 12.0. The zero-order chi connectivity index (χ0) is 17.5. The van der Waals surface area contributed by atoms with Gasteiger partial charge in [0.2, 0.25) is 0 Å². The van der Waals surface area contributed by atoms with E-state index in [1.165, 1.54) is 19.2 Å². The fourth-order valence-electron chi connectivity index (χ4n) is 2.09. The van der Waals surface area contributed by atoms with Gasteiger partial charge in [0.1, 0.15) is 5.75 Å². The molecule has 0 aliphatic carbocycles. The Morgan fingerprint density at radius 2 is 1.67 bits per heavy atom. The van der Waals surface area contributed by atoms with Crippen LogP contribution in [0.1, 0.15) is 15.9 Å². The lowest BCUT2D eigenvalue weighted by Gasteiger charge is -2.10. The van der Waals surface area contributed by atoms with Crippen molar-refractivity contribution in [3.63, 3.8) is 0 Å². The van der Waals surface area contributed by atoms with Crippen LogP contribution in [0.15, 0.2) is 48.5 Å². The Balaban J connectivity index is 2.01. The van der Waals surface area contributed by atoms with Crippen molar-refractivity contribution in [2.75, 3.05) is 12.4 Å². The van der Waals surface area contributed by atoms with Crippen molar-refractivity contribution >= 4 is 23.4 Å². The van der Waals surface area contributed by atoms with E-state index in [9.17, 15) is 14.4 Å². The van der Waals surface area contributed by atoms with Gasteiger partial charge in [0.15, 0.2) is 0 Å². The predicted octanol–water partition coefficient (Wildman–Crippen LogP) is 1.05. The topological polar surface area (TPSA) is 111 Å². The Kier molecular flexibility index (Phi) is 5.51. The molecule has 7 heteroatoms. The van der Waals surface area contributed by atoms with Gasteiger partial charge in [-0.1, -0.05) is 30.3 Å². The van der Waals surface area contributed by atoms with E-state index in [4.69, 9.17) is 10.5 Å². The van der Waals surface area contributed by atoms with Crippen LogP contribution in [-0.2, 0) is 16.1 Å². The van der Waals surface area contributed by atoms with Crippen molar-refractivity contribution < 1.29 is 19.1 Å². The van der Waals surface area contributed by atoms with E-state index in [1.807, 2.05) is 0 Å². The molecule has 0 aromatic heterocycles. The van der Waals surface area contributed by atoms with Crippen LogP contribution in [0, 0.1) is 0 Å². The summed E-state index contributed by atoms with van der Waals surface area (Å²) in [6.07, 6.45) is 0. The van der Waals surface area contributed by atoms with Crippen LogP contribution in [0.25, 0.3) is 0 Å². The minimum atomic E-state index is -0.890. The molecule has 0 bridgehead atoms. The van der Waals surface area contributed by atoms with E-state index >= 15 is 0 Å². The van der Waals surface area contributed by atoms with Gasteiger partial charge in [-0.15, -0.1) is 0 Å². The zero-order valence-corrected chi connectivity index (χ0v) is 13.0. The molecule has 0 saturated heterocycles. The van der Waals surface area contributed by atoms with Crippen molar-refractivity contribution in [2.45, 2.75) is 6.54 Å². The van der Waals surface area contributed by atoms with Crippen LogP contribution in [0.4, 0.5) is 5.69 Å². The molecule has 0 aliphatic heterocycles. The highest BCUT2D eigenvalue weighted by Crippen LogP contribution is 2.17. The van der Waals surface area contributed by atoms with Gasteiger partial charge < -0.3 is 21.1 Å². The summed E-state index contributed by atoms with van der Waals surface area (Å²) in [4.78, 5) is 35.2. The number of carbonyl (C=O) groups is 3. The molecule has 124 valence electrons. The van der Waals surface area contributed by atoms with Crippen LogP contribution in [0.5, 0.6) is 5.75 Å². The number of methoxy groups -OCH3 is 1. The van der Waals surface area contributed by atoms with Gasteiger partial charge in [-0.2, -0.15) is 0 Å². The fraction of sp³-hybridized carbons (Fsp3) is 0.118. The Bertz CT molecular complexity index is 774. The highest BCUT2D eigenvalue weighted by Gasteiger charge is 2.17. The molecule has 0 aliphatic rings. The van der Waals surface area contributed by atoms with Gasteiger partial charge in [-0.3, -0.25) is 14.4 Å². The van der Waals surface area contributed by atoms with Gasteiger partial charge in [0.25, 0.3) is 5.91 Å². The Hall–Kier alpha value is -3.35. The number of hydrogen-bond acceptors (Lipinski definition) is 4. The number of ether oxygens (including phenoxy) is 1. The van der Waals surface area contributed by atoms with Crippen molar-refractivity contribution in [3.8, 4) is 5.75 Å². The molecular formula is C17H17N3O4. The van der Waals surface area contributed by atoms with Crippen LogP contribution in [-0.4, -0.2) is 24.8 Å². The highest BCUT2D eigenvalue weighted by molar-refractivity contribution is 6.40. The fourth-order valence-corrected chi connectivity index (χ4v) is 2.09. The number of nitrogens with two attached hydrogens (primary N) is 1. The average Bonchev–Trinajstić information content (AvgIpc) is 2.60. The second-order valence-electron chi connectivity index (χ2n) is 4.86. The quantitative estimate of drug-likeness (QED) is 0.713. The van der Waals surface area contributed by atoms with Crippen LogP contribution in [0.2, 0.25) is 0 Å². The van der Waals surface area contributed by atoms with E-state index in [0.717, 1.165) is 5.56 Å². The molecule has 0 heterocycles. The molecule has 4 N–H and O–H groups in total. The maximum Gasteiger partial charge on any atom is 0.313 e. The third-order valence-electron chi connectivity index (χ3n) is 3.28. The Morgan fingerprint density at radius 1 is 1.00 bits per heavy atom.